The van der Waals surface area contributed by atoms with E-state index in [0.29, 0.717) is 6.54 Å². The van der Waals surface area contributed by atoms with Crippen LogP contribution in [0.2, 0.25) is 0 Å². The van der Waals surface area contributed by atoms with Crippen molar-refractivity contribution in [2.45, 2.75) is 44.8 Å². The van der Waals surface area contributed by atoms with E-state index >= 15 is 0 Å². The van der Waals surface area contributed by atoms with Gasteiger partial charge in [-0.2, -0.15) is 0 Å². The summed E-state index contributed by atoms with van der Waals surface area (Å²) in [6.45, 7) is 8.03. The monoisotopic (exact) mass is 403 g/mol. The van der Waals surface area contributed by atoms with Gasteiger partial charge >= 0.3 is 0 Å². The van der Waals surface area contributed by atoms with Crippen LogP contribution in [0.4, 0.5) is 0 Å². The number of carbonyl (C=O) groups is 1. The maximum absolute atomic E-state index is 12.6. The minimum absolute atomic E-state index is 0. The SMILES string of the molecule is CC1(C(=O)NCc2ccccc2CN2CCOCC2)CCCCN1.Cl.Cl. The Labute approximate surface area is 169 Å². The van der Waals surface area contributed by atoms with E-state index in [-0.39, 0.29) is 30.7 Å². The van der Waals surface area contributed by atoms with Crippen molar-refractivity contribution in [1.82, 2.24) is 15.5 Å². The summed E-state index contributed by atoms with van der Waals surface area (Å²) in [5.41, 5.74) is 2.08. The fourth-order valence-electron chi connectivity index (χ4n) is 3.50. The number of morpholine rings is 1. The number of carbonyl (C=O) groups excluding carboxylic acids is 1. The average molecular weight is 404 g/mol. The van der Waals surface area contributed by atoms with Gasteiger partial charge in [-0.15, -0.1) is 24.8 Å². The van der Waals surface area contributed by atoms with Crippen molar-refractivity contribution in [3.05, 3.63) is 35.4 Å². The van der Waals surface area contributed by atoms with Crippen LogP contribution in [0.25, 0.3) is 0 Å². The molecule has 7 heteroatoms. The molecule has 1 aromatic rings. The summed E-state index contributed by atoms with van der Waals surface area (Å²) in [4.78, 5) is 15.0. The first-order valence-electron chi connectivity index (χ1n) is 9.08. The van der Waals surface area contributed by atoms with Crippen LogP contribution in [0, 0.1) is 0 Å². The summed E-state index contributed by atoms with van der Waals surface area (Å²) in [5.74, 6) is 0.114. The summed E-state index contributed by atoms with van der Waals surface area (Å²) < 4.78 is 5.42. The van der Waals surface area contributed by atoms with Crippen molar-refractivity contribution in [1.29, 1.82) is 0 Å². The van der Waals surface area contributed by atoms with Gasteiger partial charge in [0.25, 0.3) is 0 Å². The highest BCUT2D eigenvalue weighted by Gasteiger charge is 2.33. The molecule has 0 bridgehead atoms. The average Bonchev–Trinajstić information content (AvgIpc) is 2.62. The maximum Gasteiger partial charge on any atom is 0.240 e. The molecule has 0 radical (unpaired) electrons. The van der Waals surface area contributed by atoms with E-state index in [1.807, 2.05) is 13.0 Å². The van der Waals surface area contributed by atoms with Gasteiger partial charge in [0.2, 0.25) is 5.91 Å². The van der Waals surface area contributed by atoms with Gasteiger partial charge in [-0.1, -0.05) is 24.3 Å². The Balaban J connectivity index is 0.00000169. The molecule has 148 valence electrons. The third kappa shape index (κ3) is 6.10. The highest BCUT2D eigenvalue weighted by Crippen LogP contribution is 2.19. The number of nitrogens with zero attached hydrogens (tertiary/aromatic N) is 1. The summed E-state index contributed by atoms with van der Waals surface area (Å²) >= 11 is 0. The Kier molecular flexibility index (Phi) is 9.90. The zero-order chi connectivity index (χ0) is 16.8. The fourth-order valence-corrected chi connectivity index (χ4v) is 3.50. The quantitative estimate of drug-likeness (QED) is 0.792. The standard InChI is InChI=1S/C19H29N3O2.2ClH/c1-19(8-4-5-9-21-19)18(23)20-14-16-6-2-3-7-17(16)15-22-10-12-24-13-11-22;;/h2-3,6-7,21H,4-5,8-15H2,1H3,(H,20,23);2*1H. The largest absolute Gasteiger partial charge is 0.379 e. The molecule has 1 unspecified atom stereocenters. The Morgan fingerprint density at radius 1 is 1.19 bits per heavy atom. The zero-order valence-corrected chi connectivity index (χ0v) is 17.1. The Hall–Kier alpha value is -0.850. The minimum atomic E-state index is -0.419. The van der Waals surface area contributed by atoms with Gasteiger partial charge < -0.3 is 15.4 Å². The van der Waals surface area contributed by atoms with E-state index in [4.69, 9.17) is 4.74 Å². The molecule has 2 aliphatic heterocycles. The number of hydrogen-bond acceptors (Lipinski definition) is 4. The second-order valence-corrected chi connectivity index (χ2v) is 7.06. The lowest BCUT2D eigenvalue weighted by molar-refractivity contribution is -0.128. The number of benzene rings is 1. The normalized spacial score (nSPS) is 23.4. The van der Waals surface area contributed by atoms with Crippen LogP contribution in [0.5, 0.6) is 0 Å². The lowest BCUT2D eigenvalue weighted by Crippen LogP contribution is -2.56. The Bertz CT molecular complexity index is 559. The molecule has 1 aromatic carbocycles. The first-order chi connectivity index (χ1) is 11.7. The second-order valence-electron chi connectivity index (χ2n) is 7.06. The molecule has 0 aromatic heterocycles. The molecule has 26 heavy (non-hydrogen) atoms. The minimum Gasteiger partial charge on any atom is -0.379 e. The molecule has 0 saturated carbocycles. The molecule has 2 saturated heterocycles. The molecule has 2 fully saturated rings. The predicted octanol–water partition coefficient (Wildman–Crippen LogP) is 2.51. The molecule has 1 amide bonds. The molecule has 2 N–H and O–H groups in total. The summed E-state index contributed by atoms with van der Waals surface area (Å²) in [7, 11) is 0. The lowest BCUT2D eigenvalue weighted by Gasteiger charge is -2.33. The van der Waals surface area contributed by atoms with E-state index in [1.54, 1.807) is 0 Å². The van der Waals surface area contributed by atoms with Crippen LogP contribution < -0.4 is 10.6 Å². The van der Waals surface area contributed by atoms with Crippen molar-refractivity contribution < 1.29 is 9.53 Å². The summed E-state index contributed by atoms with van der Waals surface area (Å²) in [6.07, 6.45) is 3.18. The van der Waals surface area contributed by atoms with Crippen molar-refractivity contribution >= 4 is 30.7 Å². The number of ether oxygens (including phenoxy) is 1. The third-order valence-corrected chi connectivity index (χ3v) is 5.18. The van der Waals surface area contributed by atoms with Gasteiger partial charge in [0.15, 0.2) is 0 Å². The molecule has 0 spiro atoms. The fraction of sp³-hybridized carbons (Fsp3) is 0.632. The van der Waals surface area contributed by atoms with E-state index in [1.165, 1.54) is 11.1 Å². The van der Waals surface area contributed by atoms with Crippen LogP contribution in [0.1, 0.15) is 37.3 Å². The summed E-state index contributed by atoms with van der Waals surface area (Å²) in [6, 6.07) is 8.40. The molecule has 2 aliphatic rings. The van der Waals surface area contributed by atoms with Crippen molar-refractivity contribution in [2.24, 2.45) is 0 Å². The summed E-state index contributed by atoms with van der Waals surface area (Å²) in [5, 5.41) is 6.52. The number of rotatable bonds is 5. The topological polar surface area (TPSA) is 53.6 Å². The lowest BCUT2D eigenvalue weighted by atomic mass is 9.90. The maximum atomic E-state index is 12.6. The van der Waals surface area contributed by atoms with Crippen molar-refractivity contribution in [3.63, 3.8) is 0 Å². The molecular formula is C19H31Cl2N3O2. The van der Waals surface area contributed by atoms with Crippen LogP contribution in [-0.4, -0.2) is 49.2 Å². The van der Waals surface area contributed by atoms with Gasteiger partial charge in [0.05, 0.1) is 18.8 Å². The van der Waals surface area contributed by atoms with Gasteiger partial charge in [-0.25, -0.2) is 0 Å². The van der Waals surface area contributed by atoms with Gasteiger partial charge in [0.1, 0.15) is 0 Å². The van der Waals surface area contributed by atoms with Gasteiger partial charge in [-0.3, -0.25) is 9.69 Å². The number of nitrogens with one attached hydrogen (secondary N) is 2. The van der Waals surface area contributed by atoms with Crippen LogP contribution in [0.3, 0.4) is 0 Å². The Morgan fingerprint density at radius 2 is 1.88 bits per heavy atom. The van der Waals surface area contributed by atoms with Gasteiger partial charge in [0, 0.05) is 26.2 Å². The molecule has 3 rings (SSSR count). The molecule has 5 nitrogen and oxygen atoms in total. The van der Waals surface area contributed by atoms with Crippen molar-refractivity contribution in [2.75, 3.05) is 32.8 Å². The van der Waals surface area contributed by atoms with E-state index in [2.05, 4.69) is 33.7 Å². The molecule has 2 heterocycles. The number of amides is 1. The zero-order valence-electron chi connectivity index (χ0n) is 15.5. The van der Waals surface area contributed by atoms with E-state index in [0.717, 1.165) is 58.7 Å². The number of halogens is 2. The van der Waals surface area contributed by atoms with Crippen LogP contribution in [-0.2, 0) is 22.6 Å². The second kappa shape index (κ2) is 11.1. The Morgan fingerprint density at radius 3 is 2.54 bits per heavy atom. The molecule has 0 aliphatic carbocycles. The number of piperidine rings is 1. The number of hydrogen-bond donors (Lipinski definition) is 2. The predicted molar refractivity (Wildman–Crippen MR) is 109 cm³/mol. The first-order valence-corrected chi connectivity index (χ1v) is 9.08. The smallest absolute Gasteiger partial charge is 0.240 e. The molecular weight excluding hydrogens is 373 g/mol. The molecule has 1 atom stereocenters. The van der Waals surface area contributed by atoms with E-state index < -0.39 is 5.54 Å². The van der Waals surface area contributed by atoms with Crippen molar-refractivity contribution in [3.8, 4) is 0 Å². The van der Waals surface area contributed by atoms with E-state index in [9.17, 15) is 4.79 Å². The third-order valence-electron chi connectivity index (χ3n) is 5.18. The van der Waals surface area contributed by atoms with Crippen LogP contribution in [0.15, 0.2) is 24.3 Å². The highest BCUT2D eigenvalue weighted by molar-refractivity contribution is 5.86. The first kappa shape index (κ1) is 23.2. The highest BCUT2D eigenvalue weighted by atomic mass is 35.5. The van der Waals surface area contributed by atoms with Crippen LogP contribution >= 0.6 is 24.8 Å². The van der Waals surface area contributed by atoms with Gasteiger partial charge in [-0.05, 0) is 43.9 Å².